The molecule has 2 aliphatic rings. The monoisotopic (exact) mass is 575 g/mol. The van der Waals surface area contributed by atoms with Gasteiger partial charge in [0.1, 0.15) is 5.82 Å². The average molecular weight is 576 g/mol. The van der Waals surface area contributed by atoms with E-state index in [9.17, 15) is 14.9 Å². The number of allylic oxidation sites excluding steroid dienone is 4. The van der Waals surface area contributed by atoms with E-state index in [1.54, 1.807) is 17.0 Å². The van der Waals surface area contributed by atoms with Gasteiger partial charge < -0.3 is 11.1 Å². The second-order valence-corrected chi connectivity index (χ2v) is 11.2. The minimum absolute atomic E-state index is 0.00550. The van der Waals surface area contributed by atoms with Crippen LogP contribution in [0.4, 0.5) is 10.8 Å². The van der Waals surface area contributed by atoms with Gasteiger partial charge in [-0.3, -0.25) is 14.5 Å². The zero-order chi connectivity index (χ0) is 27.4. The fourth-order valence-corrected chi connectivity index (χ4v) is 6.30. The molecule has 0 radical (unpaired) electrons. The molecule has 3 N–H and O–H groups in total. The van der Waals surface area contributed by atoms with Crippen molar-refractivity contribution in [2.24, 2.45) is 11.7 Å². The Morgan fingerprint density at radius 2 is 2.08 bits per heavy atom. The first-order valence-electron chi connectivity index (χ1n) is 12.0. The number of nitriles is 1. The topological polar surface area (TPSA) is 138 Å². The number of amides is 1. The summed E-state index contributed by atoms with van der Waals surface area (Å²) in [6, 6.07) is 15.3. The van der Waals surface area contributed by atoms with Gasteiger partial charge in [0, 0.05) is 29.8 Å². The maximum atomic E-state index is 13.2. The van der Waals surface area contributed by atoms with E-state index in [4.69, 9.17) is 17.3 Å². The lowest BCUT2D eigenvalue weighted by Gasteiger charge is -2.37. The summed E-state index contributed by atoms with van der Waals surface area (Å²) in [6.45, 7) is 0. The minimum atomic E-state index is -0.543. The molecule has 2 aromatic heterocycles. The summed E-state index contributed by atoms with van der Waals surface area (Å²) in [5.41, 5.74) is 9.54. The number of hydrogen-bond acceptors (Lipinski definition) is 10. The first-order chi connectivity index (χ1) is 19.0. The number of anilines is 2. The predicted molar refractivity (Wildman–Crippen MR) is 153 cm³/mol. The molecule has 3 aromatic rings. The quantitative estimate of drug-likeness (QED) is 0.288. The lowest BCUT2D eigenvalue weighted by atomic mass is 9.79. The van der Waals surface area contributed by atoms with E-state index in [1.165, 1.54) is 29.3 Å². The summed E-state index contributed by atoms with van der Waals surface area (Å²) < 4.78 is 0.541. The first kappa shape index (κ1) is 26.6. The van der Waals surface area contributed by atoms with E-state index in [1.807, 2.05) is 42.5 Å². The maximum absolute atomic E-state index is 13.2. The molecule has 0 bridgehead atoms. The number of aromatic nitrogens is 3. The number of pyridine rings is 1. The van der Waals surface area contributed by atoms with Crippen LogP contribution in [0, 0.1) is 17.2 Å². The Hall–Kier alpha value is -3.98. The van der Waals surface area contributed by atoms with Crippen LogP contribution >= 0.6 is 34.7 Å². The molecule has 0 fully saturated rings. The van der Waals surface area contributed by atoms with Crippen molar-refractivity contribution >= 4 is 63.3 Å². The smallest absolute Gasteiger partial charge is 0.234 e. The van der Waals surface area contributed by atoms with E-state index in [0.29, 0.717) is 40.0 Å². The largest absolute Gasteiger partial charge is 0.384 e. The van der Waals surface area contributed by atoms with Gasteiger partial charge in [0.25, 0.3) is 0 Å². The molecule has 1 atom stereocenters. The molecule has 1 aliphatic carbocycles. The van der Waals surface area contributed by atoms with Crippen molar-refractivity contribution in [3.05, 3.63) is 88.1 Å². The zero-order valence-corrected chi connectivity index (χ0v) is 22.9. The number of nitrogens with zero attached hydrogens (tertiary/aromatic N) is 5. The Balaban J connectivity index is 1.39. The molecule has 0 spiro atoms. The highest BCUT2D eigenvalue weighted by Gasteiger charge is 2.39. The summed E-state index contributed by atoms with van der Waals surface area (Å²) in [5, 5.41) is 22.0. The van der Waals surface area contributed by atoms with Crippen molar-refractivity contribution < 1.29 is 9.59 Å². The number of halogens is 1. The van der Waals surface area contributed by atoms with E-state index in [2.05, 4.69) is 26.6 Å². The standard InChI is InChI=1S/C27H22ClN7O2S2/c28-24-19(8-5-13-31-24)32-22(37)15-38-27-34-33-26(39-27)35-20-9-4-10-21(36)23(20)17(18(14-29)25(35)30)12-11-16-6-2-1-3-7-16/h1-3,5-8,11-13,17H,4,9-10,15,30H2,(H,32,37)/b12-11+. The van der Waals surface area contributed by atoms with Crippen LogP contribution in [-0.4, -0.2) is 32.6 Å². The minimum Gasteiger partial charge on any atom is -0.384 e. The van der Waals surface area contributed by atoms with Crippen molar-refractivity contribution in [2.75, 3.05) is 16.0 Å². The molecule has 1 amide bonds. The number of thioether (sulfide) groups is 1. The summed E-state index contributed by atoms with van der Waals surface area (Å²) in [5.74, 6) is -0.516. The summed E-state index contributed by atoms with van der Waals surface area (Å²) in [4.78, 5) is 31.2. The molecule has 1 aromatic carbocycles. The van der Waals surface area contributed by atoms with Crippen LogP contribution in [0.1, 0.15) is 24.8 Å². The van der Waals surface area contributed by atoms with Gasteiger partial charge in [0.15, 0.2) is 15.3 Å². The number of ketones is 1. The van der Waals surface area contributed by atoms with Crippen molar-refractivity contribution in [3.8, 4) is 6.07 Å². The van der Waals surface area contributed by atoms with Gasteiger partial charge in [-0.05, 0) is 30.5 Å². The number of Topliss-reactive ketones (excluding diaryl/α,β-unsaturated/α-hetero) is 1. The lowest BCUT2D eigenvalue weighted by Crippen LogP contribution is -2.39. The second kappa shape index (κ2) is 11.8. The van der Waals surface area contributed by atoms with E-state index in [0.717, 1.165) is 11.3 Å². The Labute approximate surface area is 238 Å². The Kier molecular flexibility index (Phi) is 8.07. The molecule has 196 valence electrons. The second-order valence-electron chi connectivity index (χ2n) is 8.66. The molecule has 1 unspecified atom stereocenters. The molecule has 9 nitrogen and oxygen atoms in total. The van der Waals surface area contributed by atoms with Crippen molar-refractivity contribution in [3.63, 3.8) is 0 Å². The fourth-order valence-electron chi connectivity index (χ4n) is 4.45. The van der Waals surface area contributed by atoms with Crippen LogP contribution in [-0.2, 0) is 9.59 Å². The fraction of sp³-hybridized carbons (Fsp3) is 0.185. The average Bonchev–Trinajstić information content (AvgIpc) is 3.41. The highest BCUT2D eigenvalue weighted by Crippen LogP contribution is 2.44. The number of hydrogen-bond donors (Lipinski definition) is 2. The van der Waals surface area contributed by atoms with Gasteiger partial charge in [-0.1, -0.05) is 77.2 Å². The van der Waals surface area contributed by atoms with Crippen LogP contribution in [0.2, 0.25) is 5.15 Å². The van der Waals surface area contributed by atoms with Crippen LogP contribution < -0.4 is 16.0 Å². The van der Waals surface area contributed by atoms with E-state index < -0.39 is 5.92 Å². The highest BCUT2D eigenvalue weighted by molar-refractivity contribution is 8.01. The van der Waals surface area contributed by atoms with Crippen LogP contribution in [0.15, 0.2) is 81.7 Å². The van der Waals surface area contributed by atoms with E-state index in [-0.39, 0.29) is 34.0 Å². The number of nitrogens with two attached hydrogens (primary N) is 1. The summed E-state index contributed by atoms with van der Waals surface area (Å²) >= 11 is 8.46. The van der Waals surface area contributed by atoms with Crippen molar-refractivity contribution in [2.45, 2.75) is 23.6 Å². The number of carbonyl (C=O) groups excluding carboxylic acids is 2. The predicted octanol–water partition coefficient (Wildman–Crippen LogP) is 5.17. The number of benzene rings is 1. The van der Waals surface area contributed by atoms with Gasteiger partial charge >= 0.3 is 0 Å². The molecule has 5 rings (SSSR count). The van der Waals surface area contributed by atoms with Crippen molar-refractivity contribution in [1.82, 2.24) is 15.2 Å². The third-order valence-electron chi connectivity index (χ3n) is 6.19. The number of carbonyl (C=O) groups is 2. The molecule has 1 aliphatic heterocycles. The number of nitrogens with one attached hydrogen (secondary N) is 1. The Morgan fingerprint density at radius 1 is 1.26 bits per heavy atom. The van der Waals surface area contributed by atoms with Gasteiger partial charge in [-0.2, -0.15) is 5.26 Å². The molecular weight excluding hydrogens is 554 g/mol. The summed E-state index contributed by atoms with van der Waals surface area (Å²) in [7, 11) is 0. The van der Waals surface area contributed by atoms with E-state index >= 15 is 0 Å². The molecule has 0 saturated carbocycles. The Bertz CT molecular complexity index is 1560. The maximum Gasteiger partial charge on any atom is 0.234 e. The van der Waals surface area contributed by atoms with Gasteiger partial charge in [-0.25, -0.2) is 4.98 Å². The molecule has 3 heterocycles. The number of rotatable bonds is 7. The lowest BCUT2D eigenvalue weighted by molar-refractivity contribution is -0.116. The molecule has 39 heavy (non-hydrogen) atoms. The SMILES string of the molecule is N#CC1=C(N)N(c2nnc(SCC(=O)Nc3cccnc3Cl)s2)C2=C(C(=O)CCC2)C1/C=C/c1ccccc1. The van der Waals surface area contributed by atoms with Crippen molar-refractivity contribution in [1.29, 1.82) is 5.26 Å². The van der Waals surface area contributed by atoms with Gasteiger partial charge in [0.05, 0.1) is 23.1 Å². The Morgan fingerprint density at radius 3 is 2.85 bits per heavy atom. The highest BCUT2D eigenvalue weighted by atomic mass is 35.5. The molecule has 0 saturated heterocycles. The van der Waals surface area contributed by atoms with Crippen LogP contribution in [0.3, 0.4) is 0 Å². The first-order valence-corrected chi connectivity index (χ1v) is 14.2. The van der Waals surface area contributed by atoms with Gasteiger partial charge in [-0.15, -0.1) is 10.2 Å². The third kappa shape index (κ3) is 5.73. The summed E-state index contributed by atoms with van der Waals surface area (Å²) in [6.07, 6.45) is 7.01. The normalized spacial score (nSPS) is 17.4. The zero-order valence-electron chi connectivity index (χ0n) is 20.5. The van der Waals surface area contributed by atoms with Gasteiger partial charge in [0.2, 0.25) is 11.0 Å². The molecular formula is C27H22ClN7O2S2. The third-order valence-corrected chi connectivity index (χ3v) is 8.53. The van der Waals surface area contributed by atoms with Crippen LogP contribution in [0.25, 0.3) is 6.08 Å². The molecule has 12 heteroatoms. The van der Waals surface area contributed by atoms with Crippen LogP contribution in [0.5, 0.6) is 0 Å².